The lowest BCUT2D eigenvalue weighted by molar-refractivity contribution is -0.188. The van der Waals surface area contributed by atoms with Crippen LogP contribution in [-0.4, -0.2) is 42.9 Å². The Morgan fingerprint density at radius 2 is 1.68 bits per heavy atom. The van der Waals surface area contributed by atoms with Gasteiger partial charge in [-0.25, -0.2) is 0 Å². The van der Waals surface area contributed by atoms with Crippen LogP contribution in [0.1, 0.15) is 31.2 Å². The molecule has 5 heteroatoms. The van der Waals surface area contributed by atoms with E-state index >= 15 is 0 Å². The van der Waals surface area contributed by atoms with Gasteiger partial charge in [0.25, 0.3) is 0 Å². The van der Waals surface area contributed by atoms with Gasteiger partial charge in [0.15, 0.2) is 5.79 Å². The van der Waals surface area contributed by atoms with Gasteiger partial charge in [-0.15, -0.1) is 0 Å². The molecule has 1 aromatic carbocycles. The first-order valence-electron chi connectivity index (χ1n) is 7.98. The van der Waals surface area contributed by atoms with Gasteiger partial charge >= 0.3 is 0 Å². The fraction of sp³-hybridized carbons (Fsp3) is 0.588. The SMILES string of the molecule is O=C(N1CCC2(CC1)OCCO2)C1(c2ccccc2Cl)CC1. The van der Waals surface area contributed by atoms with E-state index in [4.69, 9.17) is 21.1 Å². The maximum absolute atomic E-state index is 13.0. The molecule has 2 heterocycles. The van der Waals surface area contributed by atoms with Gasteiger partial charge in [0.1, 0.15) is 0 Å². The van der Waals surface area contributed by atoms with Gasteiger partial charge in [0, 0.05) is 31.0 Å². The standard InChI is InChI=1S/C17H20ClNO3/c18-14-4-2-1-3-13(14)16(5-6-16)15(20)19-9-7-17(8-10-19)21-11-12-22-17/h1-4H,5-12H2. The Bertz CT molecular complexity index is 583. The number of halogens is 1. The molecule has 0 unspecified atom stereocenters. The highest BCUT2D eigenvalue weighted by Gasteiger charge is 2.55. The molecule has 0 aromatic heterocycles. The summed E-state index contributed by atoms with van der Waals surface area (Å²) in [6.07, 6.45) is 3.31. The number of amides is 1. The quantitative estimate of drug-likeness (QED) is 0.840. The monoisotopic (exact) mass is 321 g/mol. The highest BCUT2D eigenvalue weighted by Crippen LogP contribution is 2.52. The predicted octanol–water partition coefficient (Wildman–Crippen LogP) is 2.74. The first-order valence-corrected chi connectivity index (χ1v) is 8.35. The van der Waals surface area contributed by atoms with Gasteiger partial charge in [0.2, 0.25) is 5.91 Å². The highest BCUT2D eigenvalue weighted by molar-refractivity contribution is 6.31. The van der Waals surface area contributed by atoms with Crippen molar-refractivity contribution >= 4 is 17.5 Å². The lowest BCUT2D eigenvalue weighted by atomic mass is 9.92. The minimum absolute atomic E-state index is 0.216. The number of benzene rings is 1. The van der Waals surface area contributed by atoms with Gasteiger partial charge in [-0.1, -0.05) is 29.8 Å². The summed E-state index contributed by atoms with van der Waals surface area (Å²) in [6.45, 7) is 2.73. The number of carbonyl (C=O) groups is 1. The van der Waals surface area contributed by atoms with Crippen LogP contribution in [0.3, 0.4) is 0 Å². The topological polar surface area (TPSA) is 38.8 Å². The molecule has 22 heavy (non-hydrogen) atoms. The first kappa shape index (κ1) is 14.5. The Balaban J connectivity index is 1.50. The number of hydrogen-bond donors (Lipinski definition) is 0. The molecule has 1 amide bonds. The molecule has 2 aliphatic heterocycles. The number of likely N-dealkylation sites (tertiary alicyclic amines) is 1. The molecule has 4 nitrogen and oxygen atoms in total. The second-order valence-electron chi connectivity index (χ2n) is 6.46. The van der Waals surface area contributed by atoms with Crippen LogP contribution in [0.25, 0.3) is 0 Å². The van der Waals surface area contributed by atoms with E-state index < -0.39 is 5.79 Å². The van der Waals surface area contributed by atoms with Gasteiger partial charge in [0.05, 0.1) is 18.6 Å². The van der Waals surface area contributed by atoms with Crippen LogP contribution in [-0.2, 0) is 19.7 Å². The molecule has 1 spiro atoms. The number of ether oxygens (including phenoxy) is 2. The largest absolute Gasteiger partial charge is 0.347 e. The highest BCUT2D eigenvalue weighted by atomic mass is 35.5. The van der Waals surface area contributed by atoms with Crippen LogP contribution >= 0.6 is 11.6 Å². The Morgan fingerprint density at radius 3 is 2.27 bits per heavy atom. The fourth-order valence-electron chi connectivity index (χ4n) is 3.71. The van der Waals surface area contributed by atoms with Gasteiger partial charge in [-0.2, -0.15) is 0 Å². The molecule has 1 saturated carbocycles. The van der Waals surface area contributed by atoms with E-state index in [1.807, 2.05) is 29.2 Å². The summed E-state index contributed by atoms with van der Waals surface area (Å²) in [6, 6.07) is 7.73. The molecular formula is C17H20ClNO3. The van der Waals surface area contributed by atoms with E-state index in [9.17, 15) is 4.79 Å². The van der Waals surface area contributed by atoms with Crippen LogP contribution in [0.4, 0.5) is 0 Å². The molecule has 118 valence electrons. The Hall–Kier alpha value is -1.10. The van der Waals surface area contributed by atoms with E-state index in [0.29, 0.717) is 31.3 Å². The molecule has 4 rings (SSSR count). The van der Waals surface area contributed by atoms with Crippen molar-refractivity contribution in [2.45, 2.75) is 36.9 Å². The zero-order chi connectivity index (χ0) is 15.2. The summed E-state index contributed by atoms with van der Waals surface area (Å²) in [5.74, 6) is -0.216. The van der Waals surface area contributed by atoms with Crippen molar-refractivity contribution in [3.8, 4) is 0 Å². The number of carbonyl (C=O) groups excluding carboxylic acids is 1. The molecule has 2 saturated heterocycles. The number of rotatable bonds is 2. The number of piperidine rings is 1. The second-order valence-corrected chi connectivity index (χ2v) is 6.87. The summed E-state index contributed by atoms with van der Waals surface area (Å²) < 4.78 is 11.5. The third kappa shape index (κ3) is 2.25. The van der Waals surface area contributed by atoms with Crippen molar-refractivity contribution in [2.24, 2.45) is 0 Å². The van der Waals surface area contributed by atoms with E-state index in [2.05, 4.69) is 0 Å². The third-order valence-electron chi connectivity index (χ3n) is 5.17. The molecule has 1 aromatic rings. The fourth-order valence-corrected chi connectivity index (χ4v) is 4.03. The summed E-state index contributed by atoms with van der Waals surface area (Å²) in [4.78, 5) is 15.0. The maximum Gasteiger partial charge on any atom is 0.233 e. The molecule has 3 fully saturated rings. The van der Waals surface area contributed by atoms with Crippen LogP contribution in [0, 0.1) is 0 Å². The normalized spacial score (nSPS) is 25.4. The van der Waals surface area contributed by atoms with Crippen molar-refractivity contribution in [1.29, 1.82) is 0 Å². The molecule has 0 radical (unpaired) electrons. The van der Waals surface area contributed by atoms with Gasteiger partial charge in [-0.05, 0) is 24.5 Å². The number of hydrogen-bond acceptors (Lipinski definition) is 3. The van der Waals surface area contributed by atoms with Crippen molar-refractivity contribution in [3.63, 3.8) is 0 Å². The zero-order valence-corrected chi connectivity index (χ0v) is 13.3. The molecule has 0 N–H and O–H groups in total. The van der Waals surface area contributed by atoms with E-state index in [1.54, 1.807) is 0 Å². The number of nitrogens with zero attached hydrogens (tertiary/aromatic N) is 1. The van der Waals surface area contributed by atoms with Crippen molar-refractivity contribution < 1.29 is 14.3 Å². The predicted molar refractivity (Wildman–Crippen MR) is 82.8 cm³/mol. The molecule has 0 atom stereocenters. The molecular weight excluding hydrogens is 302 g/mol. The van der Waals surface area contributed by atoms with Crippen LogP contribution in [0.5, 0.6) is 0 Å². The third-order valence-corrected chi connectivity index (χ3v) is 5.50. The summed E-state index contributed by atoms with van der Waals surface area (Å²) in [5.41, 5.74) is 0.593. The average molecular weight is 322 g/mol. The van der Waals surface area contributed by atoms with Crippen LogP contribution in [0.15, 0.2) is 24.3 Å². The van der Waals surface area contributed by atoms with E-state index in [-0.39, 0.29) is 11.3 Å². The summed E-state index contributed by atoms with van der Waals surface area (Å²) >= 11 is 6.32. The molecule has 3 aliphatic rings. The second kappa shape index (κ2) is 5.22. The Kier molecular flexibility index (Phi) is 3.44. The lowest BCUT2D eigenvalue weighted by Gasteiger charge is -2.39. The lowest BCUT2D eigenvalue weighted by Crippen LogP contribution is -2.50. The Labute approximate surface area is 135 Å². The first-order chi connectivity index (χ1) is 10.7. The summed E-state index contributed by atoms with van der Waals surface area (Å²) in [7, 11) is 0. The minimum Gasteiger partial charge on any atom is -0.347 e. The molecule has 1 aliphatic carbocycles. The Morgan fingerprint density at radius 1 is 1.05 bits per heavy atom. The van der Waals surface area contributed by atoms with Gasteiger partial charge in [-0.3, -0.25) is 4.79 Å². The smallest absolute Gasteiger partial charge is 0.233 e. The van der Waals surface area contributed by atoms with Gasteiger partial charge < -0.3 is 14.4 Å². The zero-order valence-electron chi connectivity index (χ0n) is 12.5. The van der Waals surface area contributed by atoms with Crippen LogP contribution < -0.4 is 0 Å². The maximum atomic E-state index is 13.0. The molecule has 0 bridgehead atoms. The average Bonchev–Trinajstić information content (AvgIpc) is 3.23. The minimum atomic E-state index is -0.433. The van der Waals surface area contributed by atoms with Crippen LogP contribution in [0.2, 0.25) is 5.02 Å². The summed E-state index contributed by atoms with van der Waals surface area (Å²) in [5, 5.41) is 0.698. The van der Waals surface area contributed by atoms with Crippen molar-refractivity contribution in [1.82, 2.24) is 4.90 Å². The van der Waals surface area contributed by atoms with Crippen molar-refractivity contribution in [3.05, 3.63) is 34.9 Å². The van der Waals surface area contributed by atoms with Crippen molar-refractivity contribution in [2.75, 3.05) is 26.3 Å². The van der Waals surface area contributed by atoms with E-state index in [0.717, 1.165) is 31.2 Å². The van der Waals surface area contributed by atoms with E-state index in [1.165, 1.54) is 0 Å².